The highest BCUT2D eigenvalue weighted by atomic mass is 31.1. The van der Waals surface area contributed by atoms with Crippen molar-refractivity contribution in [3.63, 3.8) is 0 Å². The molecule has 3 rings (SSSR count). The van der Waals surface area contributed by atoms with Gasteiger partial charge in [-0.15, -0.1) is 0 Å². The molecule has 0 N–H and O–H groups in total. The first-order valence-electron chi connectivity index (χ1n) is 6.49. The lowest BCUT2D eigenvalue weighted by atomic mass is 10.1. The Morgan fingerprint density at radius 2 is 1.50 bits per heavy atom. The third-order valence-electron chi connectivity index (χ3n) is 2.97. The van der Waals surface area contributed by atoms with Crippen molar-refractivity contribution in [3.8, 4) is 11.5 Å². The Labute approximate surface area is 120 Å². The zero-order valence-electron chi connectivity index (χ0n) is 11.0. The van der Waals surface area contributed by atoms with Crippen molar-refractivity contribution >= 4 is 19.6 Å². The van der Waals surface area contributed by atoms with Crippen LogP contribution in [-0.4, -0.2) is 6.35 Å². The van der Waals surface area contributed by atoms with Gasteiger partial charge in [-0.25, -0.2) is 0 Å². The number of ether oxygens (including phenoxy) is 1. The van der Waals surface area contributed by atoms with Gasteiger partial charge in [-0.05, 0) is 23.6 Å². The summed E-state index contributed by atoms with van der Waals surface area (Å²) in [5, 5.41) is 2.33. The molecule has 0 spiro atoms. The topological polar surface area (TPSA) is 18.5 Å². The van der Waals surface area contributed by atoms with Gasteiger partial charge in [0.2, 0.25) is 0 Å². The Balaban J connectivity index is 1.60. The lowest BCUT2D eigenvalue weighted by Crippen LogP contribution is -1.93. The maximum absolute atomic E-state index is 5.84. The number of hydrogen-bond acceptors (Lipinski definition) is 2. The van der Waals surface area contributed by atoms with Crippen LogP contribution in [0.3, 0.4) is 0 Å². The van der Waals surface area contributed by atoms with Crippen LogP contribution >= 0.6 is 8.81 Å². The van der Waals surface area contributed by atoms with Crippen LogP contribution in [0.25, 0.3) is 10.8 Å². The molecule has 3 aromatic carbocycles. The number of benzene rings is 3. The molecule has 0 aliphatic carbocycles. The van der Waals surface area contributed by atoms with E-state index in [1.165, 1.54) is 5.39 Å². The smallest absolute Gasteiger partial charge is 0.140 e. The van der Waals surface area contributed by atoms with E-state index in [9.17, 15) is 0 Å². The van der Waals surface area contributed by atoms with Crippen LogP contribution in [0, 0.1) is 0 Å². The molecule has 100 valence electrons. The van der Waals surface area contributed by atoms with Crippen molar-refractivity contribution in [3.05, 3.63) is 72.8 Å². The van der Waals surface area contributed by atoms with Gasteiger partial charge < -0.3 is 9.26 Å². The molecule has 1 unspecified atom stereocenters. The predicted octanol–water partition coefficient (Wildman–Crippen LogP) is 4.85. The molecule has 0 aliphatic rings. The molecule has 0 fully saturated rings. The second kappa shape index (κ2) is 6.40. The highest BCUT2D eigenvalue weighted by Gasteiger charge is 2.01. The summed E-state index contributed by atoms with van der Waals surface area (Å²) in [5.41, 5.74) is 0. The fourth-order valence-corrected chi connectivity index (χ4v) is 2.64. The summed E-state index contributed by atoms with van der Waals surface area (Å²) in [4.78, 5) is 0. The van der Waals surface area contributed by atoms with Crippen molar-refractivity contribution in [2.24, 2.45) is 0 Å². The minimum Gasteiger partial charge on any atom is -0.486 e. The van der Waals surface area contributed by atoms with Crippen LogP contribution < -0.4 is 9.26 Å². The summed E-state index contributed by atoms with van der Waals surface area (Å²) in [6.07, 6.45) is 0.563. The third-order valence-corrected chi connectivity index (χ3v) is 3.60. The van der Waals surface area contributed by atoms with Crippen molar-refractivity contribution in [1.82, 2.24) is 0 Å². The van der Waals surface area contributed by atoms with E-state index >= 15 is 0 Å². The lowest BCUT2D eigenvalue weighted by Gasteiger charge is -2.10. The molecule has 0 bridgehead atoms. The van der Waals surface area contributed by atoms with Crippen molar-refractivity contribution in [2.75, 3.05) is 6.35 Å². The van der Waals surface area contributed by atoms with Crippen LogP contribution in [-0.2, 0) is 0 Å². The molecule has 0 aliphatic heterocycles. The third kappa shape index (κ3) is 3.09. The largest absolute Gasteiger partial charge is 0.486 e. The number of fused-ring (bicyclic) bond motifs is 1. The van der Waals surface area contributed by atoms with Gasteiger partial charge in [-0.2, -0.15) is 0 Å². The molecule has 0 radical (unpaired) electrons. The molecular weight excluding hydrogens is 267 g/mol. The van der Waals surface area contributed by atoms with E-state index in [-0.39, 0.29) is 8.81 Å². The van der Waals surface area contributed by atoms with Crippen LogP contribution in [0.15, 0.2) is 72.8 Å². The normalized spacial score (nSPS) is 11.0. The van der Waals surface area contributed by atoms with E-state index in [1.807, 2.05) is 54.6 Å². The quantitative estimate of drug-likeness (QED) is 0.492. The molecular formula is C17H15O2P. The van der Waals surface area contributed by atoms with Crippen molar-refractivity contribution in [2.45, 2.75) is 0 Å². The molecule has 0 aromatic heterocycles. The van der Waals surface area contributed by atoms with E-state index in [2.05, 4.69) is 18.2 Å². The van der Waals surface area contributed by atoms with Gasteiger partial charge in [0.25, 0.3) is 0 Å². The summed E-state index contributed by atoms with van der Waals surface area (Å²) in [6.45, 7) is 0. The first-order valence-corrected chi connectivity index (χ1v) is 7.60. The van der Waals surface area contributed by atoms with Crippen molar-refractivity contribution < 1.29 is 9.26 Å². The Morgan fingerprint density at radius 1 is 0.750 bits per heavy atom. The average molecular weight is 282 g/mol. The fraction of sp³-hybridized carbons (Fsp3) is 0.0588. The molecule has 1 atom stereocenters. The summed E-state index contributed by atoms with van der Waals surface area (Å²) in [6, 6.07) is 24.1. The van der Waals surface area contributed by atoms with Gasteiger partial charge in [0.15, 0.2) is 0 Å². The van der Waals surface area contributed by atoms with Gasteiger partial charge in [0.1, 0.15) is 26.7 Å². The first-order chi connectivity index (χ1) is 9.93. The van der Waals surface area contributed by atoms with E-state index < -0.39 is 0 Å². The maximum Gasteiger partial charge on any atom is 0.140 e. The van der Waals surface area contributed by atoms with Crippen LogP contribution in [0.5, 0.6) is 11.5 Å². The highest BCUT2D eigenvalue weighted by Crippen LogP contribution is 2.29. The monoisotopic (exact) mass is 282 g/mol. The molecule has 0 saturated carbocycles. The maximum atomic E-state index is 5.84. The Bertz CT molecular complexity index is 677. The van der Waals surface area contributed by atoms with E-state index in [4.69, 9.17) is 9.26 Å². The van der Waals surface area contributed by atoms with E-state index in [1.54, 1.807) is 0 Å². The van der Waals surface area contributed by atoms with E-state index in [0.29, 0.717) is 6.35 Å². The predicted molar refractivity (Wildman–Crippen MR) is 84.8 cm³/mol. The highest BCUT2D eigenvalue weighted by molar-refractivity contribution is 7.32. The van der Waals surface area contributed by atoms with Crippen molar-refractivity contribution in [1.29, 1.82) is 0 Å². The number of hydrogen-bond donors (Lipinski definition) is 0. The second-order valence-corrected chi connectivity index (χ2v) is 5.11. The zero-order valence-corrected chi connectivity index (χ0v) is 12.0. The minimum atomic E-state index is 0.276. The van der Waals surface area contributed by atoms with Crippen LogP contribution in [0.1, 0.15) is 0 Å². The van der Waals surface area contributed by atoms with Gasteiger partial charge >= 0.3 is 0 Å². The molecule has 2 nitrogen and oxygen atoms in total. The molecule has 0 amide bonds. The van der Waals surface area contributed by atoms with Gasteiger partial charge in [0.05, 0.1) is 0 Å². The molecule has 3 heteroatoms. The second-order valence-electron chi connectivity index (χ2n) is 4.33. The average Bonchev–Trinajstić information content (AvgIpc) is 2.53. The Kier molecular flexibility index (Phi) is 4.15. The number of para-hydroxylation sites is 1. The summed E-state index contributed by atoms with van der Waals surface area (Å²) >= 11 is 0. The SMILES string of the molecule is c1ccc(OCPOc2cccc3ccccc23)cc1. The molecule has 0 saturated heterocycles. The molecule has 0 heterocycles. The van der Waals surface area contributed by atoms with Crippen LogP contribution in [0.4, 0.5) is 0 Å². The lowest BCUT2D eigenvalue weighted by molar-refractivity contribution is 0.381. The van der Waals surface area contributed by atoms with Crippen LogP contribution in [0.2, 0.25) is 0 Å². The summed E-state index contributed by atoms with van der Waals surface area (Å²) < 4.78 is 11.5. The van der Waals surface area contributed by atoms with Gasteiger partial charge in [-0.3, -0.25) is 0 Å². The van der Waals surface area contributed by atoms with Gasteiger partial charge in [0, 0.05) is 5.39 Å². The van der Waals surface area contributed by atoms with E-state index in [0.717, 1.165) is 16.9 Å². The Morgan fingerprint density at radius 3 is 2.40 bits per heavy atom. The Hall–Kier alpha value is -2.05. The minimum absolute atomic E-state index is 0.276. The van der Waals surface area contributed by atoms with Gasteiger partial charge in [-0.1, -0.05) is 54.6 Å². The molecule has 3 aromatic rings. The summed E-state index contributed by atoms with van der Waals surface area (Å²) in [5.74, 6) is 1.79. The first kappa shape index (κ1) is 13.0. The number of rotatable bonds is 5. The summed E-state index contributed by atoms with van der Waals surface area (Å²) in [7, 11) is 0.276. The standard InChI is InChI=1S/C17H15O2P/c1-2-9-15(10-3-1)18-13-20-19-17-12-6-8-14-7-4-5-11-16(14)17/h1-12,20H,13H2. The fourth-order valence-electron chi connectivity index (χ4n) is 2.02. The zero-order chi connectivity index (χ0) is 13.6. The molecule has 20 heavy (non-hydrogen) atoms.